The molecule has 2 heterocycles. The van der Waals surface area contributed by atoms with Gasteiger partial charge in [-0.1, -0.05) is 28.6 Å². The van der Waals surface area contributed by atoms with Gasteiger partial charge < -0.3 is 20.1 Å². The van der Waals surface area contributed by atoms with Crippen molar-refractivity contribution in [3.8, 4) is 11.3 Å². The van der Waals surface area contributed by atoms with Gasteiger partial charge in [-0.2, -0.15) is 13.2 Å². The Kier molecular flexibility index (Phi) is 7.55. The molecule has 36 heavy (non-hydrogen) atoms. The molecule has 1 fully saturated rings. The molecule has 0 amide bonds. The van der Waals surface area contributed by atoms with Gasteiger partial charge in [0.1, 0.15) is 35.5 Å². The van der Waals surface area contributed by atoms with Crippen LogP contribution in [-0.4, -0.2) is 60.7 Å². The Morgan fingerprint density at radius 1 is 1.06 bits per heavy atom. The van der Waals surface area contributed by atoms with Crippen LogP contribution in [0.25, 0.3) is 11.3 Å². The van der Waals surface area contributed by atoms with E-state index < -0.39 is 70.6 Å². The molecule has 1 aromatic heterocycles. The van der Waals surface area contributed by atoms with Gasteiger partial charge in [-0.3, -0.25) is 0 Å². The Balaban J connectivity index is 1.62. The van der Waals surface area contributed by atoms with E-state index in [0.29, 0.717) is 12.1 Å². The van der Waals surface area contributed by atoms with E-state index in [-0.39, 0.29) is 16.2 Å². The lowest BCUT2D eigenvalue weighted by Crippen LogP contribution is -2.55. The molecule has 1 saturated heterocycles. The van der Waals surface area contributed by atoms with E-state index in [2.05, 4.69) is 10.3 Å². The van der Waals surface area contributed by atoms with E-state index >= 15 is 0 Å². The molecule has 4 rings (SSSR count). The van der Waals surface area contributed by atoms with Gasteiger partial charge in [-0.25, -0.2) is 17.9 Å². The van der Waals surface area contributed by atoms with E-state index in [1.165, 1.54) is 0 Å². The fraction of sp³-hybridized carbons (Fsp3) is 0.333. The number of rotatable bonds is 5. The molecule has 0 spiro atoms. The summed E-state index contributed by atoms with van der Waals surface area (Å²) < 4.78 is 86.0. The van der Waals surface area contributed by atoms with E-state index in [1.54, 1.807) is 0 Å². The van der Waals surface area contributed by atoms with Crippen molar-refractivity contribution in [1.29, 1.82) is 0 Å². The molecule has 0 aliphatic carbocycles. The second-order valence-electron chi connectivity index (χ2n) is 7.79. The monoisotopic (exact) mass is 555 g/mol. The highest BCUT2D eigenvalue weighted by molar-refractivity contribution is 7.99. The zero-order valence-corrected chi connectivity index (χ0v) is 19.3. The second-order valence-corrected chi connectivity index (χ2v) is 9.37. The number of aliphatic hydroxyl groups is 3. The summed E-state index contributed by atoms with van der Waals surface area (Å²) in [6.45, 7) is -0.689. The fourth-order valence-electron chi connectivity index (χ4n) is 3.67. The maximum absolute atomic E-state index is 13.6. The molecule has 3 N–H and O–H groups in total. The number of ether oxygens (including phenoxy) is 1. The molecule has 1 aliphatic rings. The number of alkyl halides is 3. The van der Waals surface area contributed by atoms with Crippen LogP contribution in [0, 0.1) is 17.5 Å². The van der Waals surface area contributed by atoms with E-state index in [1.807, 2.05) is 0 Å². The number of aliphatic hydroxyl groups excluding tert-OH is 3. The number of halogens is 7. The quantitative estimate of drug-likeness (QED) is 0.325. The minimum atomic E-state index is -4.67. The molecular weight excluding hydrogens is 540 g/mol. The average molecular weight is 556 g/mol. The van der Waals surface area contributed by atoms with Crippen LogP contribution in [-0.2, 0) is 10.9 Å². The molecule has 0 bridgehead atoms. The lowest BCUT2D eigenvalue weighted by atomic mass is 9.97. The molecular formula is C21H16ClF6N3O4S. The van der Waals surface area contributed by atoms with Crippen LogP contribution in [0.2, 0.25) is 5.02 Å². The highest BCUT2D eigenvalue weighted by Gasteiger charge is 2.46. The first-order valence-corrected chi connectivity index (χ1v) is 11.4. The fourth-order valence-corrected chi connectivity index (χ4v) is 5.12. The van der Waals surface area contributed by atoms with Crippen LogP contribution in [0.5, 0.6) is 0 Å². The van der Waals surface area contributed by atoms with Gasteiger partial charge >= 0.3 is 6.18 Å². The highest BCUT2D eigenvalue weighted by Crippen LogP contribution is 2.41. The van der Waals surface area contributed by atoms with Crippen molar-refractivity contribution < 1.29 is 46.4 Å². The smallest absolute Gasteiger partial charge is 0.394 e. The standard InChI is InChI=1S/C21H16ClF6N3O4S/c22-11-5-9(1-2-10(11)21(26,27)28)36-20-19(34)17(18(33)15(7-32)35-20)31-6-14(29-30-31)8-3-12(23)16(25)13(24)4-8/h1-6,15,17-20,32-34H,7H2/t15?,17-,18-,19?,20+/m0/s1. The Labute approximate surface area is 208 Å². The number of hydrogen-bond acceptors (Lipinski definition) is 7. The normalized spacial score (nSPS) is 24.8. The molecule has 3 aromatic rings. The zero-order chi connectivity index (χ0) is 26.4. The summed E-state index contributed by atoms with van der Waals surface area (Å²) in [5.74, 6) is -4.59. The lowest BCUT2D eigenvalue weighted by molar-refractivity contribution is -0.178. The number of nitrogens with zero attached hydrogens (tertiary/aromatic N) is 3. The van der Waals surface area contributed by atoms with Crippen LogP contribution in [0.3, 0.4) is 0 Å². The van der Waals surface area contributed by atoms with Gasteiger partial charge in [0.2, 0.25) is 0 Å². The average Bonchev–Trinajstić information content (AvgIpc) is 3.28. The Hall–Kier alpha value is -2.36. The number of hydrogen-bond donors (Lipinski definition) is 3. The van der Waals surface area contributed by atoms with Gasteiger partial charge in [-0.15, -0.1) is 5.10 Å². The van der Waals surface area contributed by atoms with Gasteiger partial charge in [-0.05, 0) is 30.3 Å². The van der Waals surface area contributed by atoms with Crippen LogP contribution in [0.4, 0.5) is 26.3 Å². The molecule has 7 nitrogen and oxygen atoms in total. The third-order valence-electron chi connectivity index (χ3n) is 5.44. The predicted octanol–water partition coefficient (Wildman–Crippen LogP) is 3.81. The Morgan fingerprint density at radius 2 is 1.72 bits per heavy atom. The molecule has 194 valence electrons. The summed E-state index contributed by atoms with van der Waals surface area (Å²) in [4.78, 5) is 0.195. The van der Waals surface area contributed by atoms with Crippen molar-refractivity contribution in [1.82, 2.24) is 15.0 Å². The van der Waals surface area contributed by atoms with Crippen molar-refractivity contribution in [2.45, 2.75) is 40.9 Å². The Morgan fingerprint density at radius 3 is 2.31 bits per heavy atom. The second kappa shape index (κ2) is 10.2. The first kappa shape index (κ1) is 26.7. The number of aromatic nitrogens is 3. The first-order chi connectivity index (χ1) is 16.9. The zero-order valence-electron chi connectivity index (χ0n) is 17.7. The maximum atomic E-state index is 13.6. The lowest BCUT2D eigenvalue weighted by Gasteiger charge is -2.41. The summed E-state index contributed by atoms with van der Waals surface area (Å²) in [6.07, 6.45) is -7.85. The van der Waals surface area contributed by atoms with Crippen molar-refractivity contribution >= 4 is 23.4 Å². The summed E-state index contributed by atoms with van der Waals surface area (Å²) in [5.41, 5.74) is -2.55. The van der Waals surface area contributed by atoms with Crippen molar-refractivity contribution in [3.63, 3.8) is 0 Å². The predicted molar refractivity (Wildman–Crippen MR) is 114 cm³/mol. The third kappa shape index (κ3) is 5.19. The van der Waals surface area contributed by atoms with Crippen LogP contribution in [0.1, 0.15) is 11.6 Å². The Bertz CT molecular complexity index is 1240. The number of thioether (sulfide) groups is 1. The minimum absolute atomic E-state index is 0.113. The van der Waals surface area contributed by atoms with E-state index in [0.717, 1.165) is 40.8 Å². The molecule has 5 atom stereocenters. The van der Waals surface area contributed by atoms with Crippen molar-refractivity contribution in [2.75, 3.05) is 6.61 Å². The maximum Gasteiger partial charge on any atom is 0.417 e. The first-order valence-electron chi connectivity index (χ1n) is 10.1. The minimum Gasteiger partial charge on any atom is -0.394 e. The number of benzene rings is 2. The van der Waals surface area contributed by atoms with Crippen LogP contribution >= 0.6 is 23.4 Å². The molecule has 1 aliphatic heterocycles. The van der Waals surface area contributed by atoms with Crippen molar-refractivity contribution in [3.05, 3.63) is 64.6 Å². The molecule has 0 saturated carbocycles. The summed E-state index contributed by atoms with van der Waals surface area (Å²) in [6, 6.07) is 2.99. The molecule has 15 heteroatoms. The molecule has 2 unspecified atom stereocenters. The summed E-state index contributed by atoms with van der Waals surface area (Å²) in [5, 5.41) is 38.2. The van der Waals surface area contributed by atoms with Gasteiger partial charge in [0.25, 0.3) is 0 Å². The van der Waals surface area contributed by atoms with Gasteiger partial charge in [0, 0.05) is 10.5 Å². The molecule has 2 aromatic carbocycles. The highest BCUT2D eigenvalue weighted by atomic mass is 35.5. The van der Waals surface area contributed by atoms with E-state index in [9.17, 15) is 41.7 Å². The SMILES string of the molecule is OCC1O[C@H](Sc2ccc(C(F)(F)F)c(Cl)c2)C(O)[C@@H](n2cc(-c3cc(F)c(F)c(F)c3)nn2)[C@H]1O. The van der Waals surface area contributed by atoms with Crippen molar-refractivity contribution in [2.24, 2.45) is 0 Å². The van der Waals surface area contributed by atoms with Crippen LogP contribution in [0.15, 0.2) is 41.4 Å². The summed E-state index contributed by atoms with van der Waals surface area (Å²) >= 11 is 6.53. The summed E-state index contributed by atoms with van der Waals surface area (Å²) in [7, 11) is 0. The topological polar surface area (TPSA) is 101 Å². The largest absolute Gasteiger partial charge is 0.417 e. The third-order valence-corrected chi connectivity index (χ3v) is 6.90. The van der Waals surface area contributed by atoms with Gasteiger partial charge in [0.05, 0.1) is 23.4 Å². The van der Waals surface area contributed by atoms with Crippen LogP contribution < -0.4 is 0 Å². The molecule has 0 radical (unpaired) electrons. The van der Waals surface area contributed by atoms with E-state index in [4.69, 9.17) is 16.3 Å². The van der Waals surface area contributed by atoms with Gasteiger partial charge in [0.15, 0.2) is 17.5 Å².